The molecule has 0 radical (unpaired) electrons. The van der Waals surface area contributed by atoms with Crippen LogP contribution in [0.5, 0.6) is 0 Å². The zero-order valence-electron chi connectivity index (χ0n) is 16.6. The van der Waals surface area contributed by atoms with Crippen molar-refractivity contribution in [2.75, 3.05) is 5.32 Å². The second-order valence-electron chi connectivity index (χ2n) is 9.29. The molecule has 158 valence electrons. The third-order valence-corrected chi connectivity index (χ3v) is 8.76. The third-order valence-electron chi connectivity index (χ3n) is 6.92. The molecule has 0 atom stereocenters. The maximum absolute atomic E-state index is 13.1. The van der Waals surface area contributed by atoms with Crippen molar-refractivity contribution in [3.05, 3.63) is 59.1 Å². The van der Waals surface area contributed by atoms with Gasteiger partial charge in [0.1, 0.15) is 0 Å². The first-order valence-electron chi connectivity index (χ1n) is 10.5. The maximum atomic E-state index is 13.1. The highest BCUT2D eigenvalue weighted by Crippen LogP contribution is 2.55. The average molecular weight is 445 g/mol. The summed E-state index contributed by atoms with van der Waals surface area (Å²) in [6.45, 7) is 0. The van der Waals surface area contributed by atoms with E-state index in [0.717, 1.165) is 19.3 Å². The van der Waals surface area contributed by atoms with Crippen LogP contribution < -0.4 is 10.0 Å². The van der Waals surface area contributed by atoms with Gasteiger partial charge in [-0.3, -0.25) is 4.79 Å². The van der Waals surface area contributed by atoms with Crippen LogP contribution in [0.2, 0.25) is 5.02 Å². The van der Waals surface area contributed by atoms with E-state index < -0.39 is 10.0 Å². The summed E-state index contributed by atoms with van der Waals surface area (Å²) in [6.07, 6.45) is 6.70. The van der Waals surface area contributed by atoms with Crippen LogP contribution in [0.3, 0.4) is 0 Å². The molecule has 0 heterocycles. The summed E-state index contributed by atoms with van der Waals surface area (Å²) in [4.78, 5) is 12.6. The molecule has 2 N–H and O–H groups in total. The second kappa shape index (κ2) is 7.36. The molecule has 0 unspecified atom stereocenters. The Hall–Kier alpha value is -1.89. The smallest absolute Gasteiger partial charge is 0.255 e. The van der Waals surface area contributed by atoms with E-state index in [9.17, 15) is 13.2 Å². The summed E-state index contributed by atoms with van der Waals surface area (Å²) >= 11 is 5.85. The average Bonchev–Trinajstić information content (AvgIpc) is 2.67. The topological polar surface area (TPSA) is 75.3 Å². The van der Waals surface area contributed by atoms with Crippen LogP contribution in [-0.4, -0.2) is 19.9 Å². The quantitative estimate of drug-likeness (QED) is 0.692. The van der Waals surface area contributed by atoms with Gasteiger partial charge in [-0.15, -0.1) is 0 Å². The fourth-order valence-electron chi connectivity index (χ4n) is 6.10. The SMILES string of the molecule is O=C(Nc1ccc(S(=O)(=O)NC23CC4CC(CC(C4)C2)C3)cc1)c1ccc(Cl)cc1. The number of amides is 1. The number of nitrogens with one attached hydrogen (secondary N) is 2. The zero-order valence-corrected chi connectivity index (χ0v) is 18.2. The number of hydrogen-bond donors (Lipinski definition) is 2. The van der Waals surface area contributed by atoms with Crippen molar-refractivity contribution in [3.63, 3.8) is 0 Å². The van der Waals surface area contributed by atoms with Crippen molar-refractivity contribution in [2.45, 2.75) is 49.0 Å². The summed E-state index contributed by atoms with van der Waals surface area (Å²) in [5, 5.41) is 3.35. The van der Waals surface area contributed by atoms with Gasteiger partial charge >= 0.3 is 0 Å². The molecule has 4 saturated carbocycles. The van der Waals surface area contributed by atoms with Crippen molar-refractivity contribution < 1.29 is 13.2 Å². The Bertz CT molecular complexity index is 1030. The van der Waals surface area contributed by atoms with Crippen molar-refractivity contribution >= 4 is 33.2 Å². The highest BCUT2D eigenvalue weighted by molar-refractivity contribution is 7.89. The van der Waals surface area contributed by atoms with Crippen LogP contribution in [0.4, 0.5) is 5.69 Å². The molecule has 30 heavy (non-hydrogen) atoms. The normalized spacial score (nSPS) is 29.7. The number of rotatable bonds is 5. The fourth-order valence-corrected chi connectivity index (χ4v) is 7.66. The number of anilines is 1. The van der Waals surface area contributed by atoms with Crippen LogP contribution in [0.15, 0.2) is 53.4 Å². The van der Waals surface area contributed by atoms with Crippen LogP contribution in [0, 0.1) is 17.8 Å². The lowest BCUT2D eigenvalue weighted by atomic mass is 9.53. The summed E-state index contributed by atoms with van der Waals surface area (Å²) in [5.74, 6) is 1.74. The largest absolute Gasteiger partial charge is 0.322 e. The van der Waals surface area contributed by atoms with Gasteiger partial charge in [0, 0.05) is 21.8 Å². The highest BCUT2D eigenvalue weighted by Gasteiger charge is 2.52. The molecule has 2 aromatic rings. The number of hydrogen-bond acceptors (Lipinski definition) is 3. The lowest BCUT2D eigenvalue weighted by Crippen LogP contribution is -2.59. The van der Waals surface area contributed by atoms with Gasteiger partial charge in [-0.1, -0.05) is 11.6 Å². The minimum atomic E-state index is -3.60. The van der Waals surface area contributed by atoms with Gasteiger partial charge in [-0.05, 0) is 105 Å². The molecule has 0 aromatic heterocycles. The Morgan fingerprint density at radius 1 is 0.867 bits per heavy atom. The molecule has 4 aliphatic carbocycles. The van der Waals surface area contributed by atoms with Gasteiger partial charge < -0.3 is 5.32 Å². The molecule has 4 fully saturated rings. The van der Waals surface area contributed by atoms with Gasteiger partial charge in [0.15, 0.2) is 0 Å². The molecular weight excluding hydrogens is 420 g/mol. The lowest BCUT2D eigenvalue weighted by molar-refractivity contribution is -0.00810. The molecule has 2 aromatic carbocycles. The monoisotopic (exact) mass is 444 g/mol. The van der Waals surface area contributed by atoms with E-state index in [1.54, 1.807) is 48.5 Å². The van der Waals surface area contributed by atoms with E-state index in [4.69, 9.17) is 11.6 Å². The number of halogens is 1. The summed E-state index contributed by atoms with van der Waals surface area (Å²) < 4.78 is 29.3. The van der Waals surface area contributed by atoms with Crippen molar-refractivity contribution in [1.29, 1.82) is 0 Å². The Morgan fingerprint density at radius 3 is 1.93 bits per heavy atom. The van der Waals surface area contributed by atoms with E-state index in [1.807, 2.05) is 0 Å². The van der Waals surface area contributed by atoms with E-state index in [0.29, 0.717) is 34.0 Å². The highest BCUT2D eigenvalue weighted by atomic mass is 35.5. The van der Waals surface area contributed by atoms with Gasteiger partial charge in [0.05, 0.1) is 4.90 Å². The number of carbonyl (C=O) groups is 1. The molecular formula is C23H25ClN2O3S. The second-order valence-corrected chi connectivity index (χ2v) is 11.4. The Balaban J connectivity index is 1.29. The maximum Gasteiger partial charge on any atom is 0.255 e. The first-order valence-corrected chi connectivity index (χ1v) is 12.4. The van der Waals surface area contributed by atoms with Gasteiger partial charge in [-0.2, -0.15) is 0 Å². The predicted octanol–water partition coefficient (Wildman–Crippen LogP) is 4.84. The summed E-state index contributed by atoms with van der Waals surface area (Å²) in [5.41, 5.74) is 0.762. The van der Waals surface area contributed by atoms with Crippen LogP contribution in [0.25, 0.3) is 0 Å². The van der Waals surface area contributed by atoms with Crippen LogP contribution in [-0.2, 0) is 10.0 Å². The Kier molecular flexibility index (Phi) is 4.92. The van der Waals surface area contributed by atoms with Crippen molar-refractivity contribution in [3.8, 4) is 0 Å². The standard InChI is InChI=1S/C23H25ClN2O3S/c24-19-3-1-18(2-4-19)22(27)25-20-5-7-21(8-6-20)30(28,29)26-23-12-15-9-16(13-23)11-17(10-15)14-23/h1-8,15-17,26H,9-14H2,(H,25,27). The lowest BCUT2D eigenvalue weighted by Gasteiger charge is -2.56. The Labute approximate surface area is 182 Å². The molecule has 1 amide bonds. The van der Waals surface area contributed by atoms with E-state index in [1.165, 1.54) is 19.3 Å². The van der Waals surface area contributed by atoms with Gasteiger partial charge in [0.2, 0.25) is 10.0 Å². The number of carbonyl (C=O) groups excluding carboxylic acids is 1. The first-order chi connectivity index (χ1) is 14.3. The summed E-state index contributed by atoms with van der Waals surface area (Å²) in [7, 11) is -3.60. The minimum Gasteiger partial charge on any atom is -0.322 e. The van der Waals surface area contributed by atoms with Crippen LogP contribution >= 0.6 is 11.6 Å². The minimum absolute atomic E-state index is 0.239. The molecule has 7 heteroatoms. The molecule has 6 rings (SSSR count). The van der Waals surface area contributed by atoms with Crippen molar-refractivity contribution in [1.82, 2.24) is 4.72 Å². The molecule has 0 aliphatic heterocycles. The molecule has 4 aliphatic rings. The van der Waals surface area contributed by atoms with E-state index >= 15 is 0 Å². The van der Waals surface area contributed by atoms with E-state index in [-0.39, 0.29) is 16.3 Å². The van der Waals surface area contributed by atoms with Crippen molar-refractivity contribution in [2.24, 2.45) is 17.8 Å². The van der Waals surface area contributed by atoms with Gasteiger partial charge in [0.25, 0.3) is 5.91 Å². The molecule has 0 saturated heterocycles. The predicted molar refractivity (Wildman–Crippen MR) is 117 cm³/mol. The number of benzene rings is 2. The Morgan fingerprint density at radius 2 is 1.40 bits per heavy atom. The van der Waals surface area contributed by atoms with Crippen LogP contribution in [0.1, 0.15) is 48.9 Å². The van der Waals surface area contributed by atoms with E-state index in [2.05, 4.69) is 10.0 Å². The third kappa shape index (κ3) is 3.88. The molecule has 5 nitrogen and oxygen atoms in total. The first kappa shape index (κ1) is 20.0. The molecule has 4 bridgehead atoms. The fraction of sp³-hybridized carbons (Fsp3) is 0.435. The molecule has 0 spiro atoms. The zero-order chi connectivity index (χ0) is 20.9. The number of sulfonamides is 1. The summed E-state index contributed by atoms with van der Waals surface area (Å²) in [6, 6.07) is 13.0. The van der Waals surface area contributed by atoms with Gasteiger partial charge in [-0.25, -0.2) is 13.1 Å².